The number of aryl methyl sites for hydroxylation is 1. The van der Waals surface area contributed by atoms with E-state index in [1.165, 1.54) is 23.9 Å². The lowest BCUT2D eigenvalue weighted by Crippen LogP contribution is -2.15. The Morgan fingerprint density at radius 1 is 0.963 bits per heavy atom. The molecule has 0 spiro atoms. The lowest BCUT2D eigenvalue weighted by Gasteiger charge is -2.09. The molecule has 11 heteroatoms. The summed E-state index contributed by atoms with van der Waals surface area (Å²) in [6.07, 6.45) is 0. The van der Waals surface area contributed by atoms with E-state index in [-0.39, 0.29) is 9.79 Å². The number of thiazole rings is 1. The minimum absolute atomic E-state index is 0.0633. The van der Waals surface area contributed by atoms with Crippen molar-refractivity contribution in [2.75, 3.05) is 4.72 Å². The molecule has 3 aromatic rings. The maximum absolute atomic E-state index is 12.4. The van der Waals surface area contributed by atoms with Crippen molar-refractivity contribution >= 4 is 48.8 Å². The highest BCUT2D eigenvalue weighted by molar-refractivity contribution is 8.01. The molecule has 0 fully saturated rings. The second-order valence-electron chi connectivity index (χ2n) is 5.50. The number of anilines is 1. The van der Waals surface area contributed by atoms with E-state index in [0.29, 0.717) is 5.69 Å². The number of aromatic nitrogens is 1. The van der Waals surface area contributed by atoms with Crippen LogP contribution in [0.1, 0.15) is 5.69 Å². The van der Waals surface area contributed by atoms with Crippen LogP contribution in [0, 0.1) is 6.92 Å². The van der Waals surface area contributed by atoms with Crippen molar-refractivity contribution in [3.05, 3.63) is 59.6 Å². The second kappa shape index (κ2) is 7.60. The Balaban J connectivity index is 1.73. The molecule has 1 aromatic heterocycles. The van der Waals surface area contributed by atoms with Gasteiger partial charge in [-0.25, -0.2) is 27.0 Å². The molecule has 0 amide bonds. The summed E-state index contributed by atoms with van der Waals surface area (Å²) < 4.78 is 50.8. The topological polar surface area (TPSA) is 119 Å². The number of nitrogens with two attached hydrogens (primary N) is 1. The van der Waals surface area contributed by atoms with Crippen molar-refractivity contribution < 1.29 is 16.8 Å². The van der Waals surface area contributed by atoms with E-state index in [0.717, 1.165) is 27.1 Å². The average molecular weight is 442 g/mol. The third-order valence-electron chi connectivity index (χ3n) is 3.37. The second-order valence-corrected chi connectivity index (χ2v) is 10.9. The number of hydrogen-bond acceptors (Lipinski definition) is 7. The molecule has 0 atom stereocenters. The summed E-state index contributed by atoms with van der Waals surface area (Å²) in [7, 11) is -7.72. The zero-order valence-corrected chi connectivity index (χ0v) is 17.3. The minimum Gasteiger partial charge on any atom is -0.280 e. The number of nitrogens with zero attached hydrogens (tertiary/aromatic N) is 1. The van der Waals surface area contributed by atoms with Gasteiger partial charge in [-0.2, -0.15) is 0 Å². The molecule has 142 valence electrons. The van der Waals surface area contributed by atoms with Gasteiger partial charge in [-0.1, -0.05) is 11.8 Å². The Morgan fingerprint density at radius 2 is 1.56 bits per heavy atom. The Hall–Kier alpha value is -1.92. The summed E-state index contributed by atoms with van der Waals surface area (Å²) in [6.45, 7) is 1.92. The Morgan fingerprint density at radius 3 is 2.07 bits per heavy atom. The zero-order valence-electron chi connectivity index (χ0n) is 14.0. The Bertz CT molecular complexity index is 1150. The number of hydrogen-bond donors (Lipinski definition) is 2. The van der Waals surface area contributed by atoms with Crippen LogP contribution >= 0.6 is 23.1 Å². The van der Waals surface area contributed by atoms with E-state index in [2.05, 4.69) is 9.71 Å². The van der Waals surface area contributed by atoms with Gasteiger partial charge in [0, 0.05) is 21.7 Å². The van der Waals surface area contributed by atoms with Gasteiger partial charge in [0.2, 0.25) is 10.0 Å². The van der Waals surface area contributed by atoms with Crippen LogP contribution in [0.2, 0.25) is 0 Å². The predicted octanol–water partition coefficient (Wildman–Crippen LogP) is 3.05. The first-order valence-electron chi connectivity index (χ1n) is 7.49. The van der Waals surface area contributed by atoms with Crippen molar-refractivity contribution in [3.8, 4) is 0 Å². The summed E-state index contributed by atoms with van der Waals surface area (Å²) in [5.74, 6) is 0. The molecule has 0 saturated carbocycles. The van der Waals surface area contributed by atoms with Crippen LogP contribution in [0.4, 0.5) is 5.69 Å². The number of nitrogens with one attached hydrogen (secondary N) is 1. The summed E-state index contributed by atoms with van der Waals surface area (Å²) in [4.78, 5) is 5.09. The van der Waals surface area contributed by atoms with Crippen molar-refractivity contribution in [2.45, 2.75) is 25.9 Å². The maximum atomic E-state index is 12.4. The molecule has 1 heterocycles. The minimum atomic E-state index is -3.87. The molecule has 2 aromatic carbocycles. The standard InChI is InChI=1S/C16H15N3O4S4/c1-11-10-24-16(18-11)25-13-4-2-12(3-5-13)19-27(22,23)15-8-6-14(7-9-15)26(17,20)21/h2-10,19H,1H3,(H2,17,20,21). The van der Waals surface area contributed by atoms with Crippen LogP contribution < -0.4 is 9.86 Å². The molecule has 0 radical (unpaired) electrons. The molecule has 0 aliphatic carbocycles. The summed E-state index contributed by atoms with van der Waals surface area (Å²) in [5.41, 5.74) is 1.35. The van der Waals surface area contributed by atoms with Crippen LogP contribution in [0.25, 0.3) is 0 Å². The first-order chi connectivity index (χ1) is 12.6. The molecule has 0 aliphatic heterocycles. The highest BCUT2D eigenvalue weighted by Gasteiger charge is 2.16. The molecule has 3 N–H and O–H groups in total. The molecular formula is C16H15N3O4S4. The summed E-state index contributed by atoms with van der Waals surface area (Å²) in [6, 6.07) is 11.6. The van der Waals surface area contributed by atoms with E-state index in [1.807, 2.05) is 12.3 Å². The van der Waals surface area contributed by atoms with E-state index < -0.39 is 20.0 Å². The Labute approximate surface area is 165 Å². The molecule has 0 aliphatic rings. The van der Waals surface area contributed by atoms with Gasteiger partial charge in [-0.3, -0.25) is 4.72 Å². The summed E-state index contributed by atoms with van der Waals surface area (Å²) in [5, 5.41) is 6.98. The first kappa shape index (κ1) is 19.8. The fourth-order valence-corrected chi connectivity index (χ4v) is 5.48. The fraction of sp³-hybridized carbons (Fsp3) is 0.0625. The van der Waals surface area contributed by atoms with Crippen LogP contribution in [0.15, 0.2) is 72.9 Å². The molecule has 0 saturated heterocycles. The molecule has 0 bridgehead atoms. The molecule has 7 nitrogen and oxygen atoms in total. The SMILES string of the molecule is Cc1csc(Sc2ccc(NS(=O)(=O)c3ccc(S(N)(=O)=O)cc3)cc2)n1. The highest BCUT2D eigenvalue weighted by Crippen LogP contribution is 2.31. The number of benzene rings is 2. The fourth-order valence-electron chi connectivity index (χ4n) is 2.09. The van der Waals surface area contributed by atoms with Gasteiger partial charge in [-0.05, 0) is 55.5 Å². The third kappa shape index (κ3) is 5.08. The predicted molar refractivity (Wildman–Crippen MR) is 106 cm³/mol. The van der Waals surface area contributed by atoms with Crippen LogP contribution in [-0.4, -0.2) is 21.8 Å². The van der Waals surface area contributed by atoms with Gasteiger partial charge in [0.15, 0.2) is 4.34 Å². The molecule has 3 rings (SSSR count). The van der Waals surface area contributed by atoms with E-state index in [9.17, 15) is 16.8 Å². The van der Waals surface area contributed by atoms with Crippen LogP contribution in [0.3, 0.4) is 0 Å². The van der Waals surface area contributed by atoms with Gasteiger partial charge in [-0.15, -0.1) is 11.3 Å². The number of rotatable bonds is 6. The van der Waals surface area contributed by atoms with Crippen molar-refractivity contribution in [2.24, 2.45) is 5.14 Å². The van der Waals surface area contributed by atoms with Crippen LogP contribution in [0.5, 0.6) is 0 Å². The largest absolute Gasteiger partial charge is 0.280 e. The molecule has 27 heavy (non-hydrogen) atoms. The van der Waals surface area contributed by atoms with Gasteiger partial charge < -0.3 is 0 Å². The normalized spacial score (nSPS) is 12.1. The maximum Gasteiger partial charge on any atom is 0.261 e. The van der Waals surface area contributed by atoms with Gasteiger partial charge in [0.1, 0.15) is 0 Å². The monoisotopic (exact) mass is 441 g/mol. The highest BCUT2D eigenvalue weighted by atomic mass is 32.2. The van der Waals surface area contributed by atoms with Gasteiger partial charge in [0.25, 0.3) is 10.0 Å². The first-order valence-corrected chi connectivity index (χ1v) is 12.2. The van der Waals surface area contributed by atoms with Crippen molar-refractivity contribution in [1.29, 1.82) is 0 Å². The lowest BCUT2D eigenvalue weighted by atomic mass is 10.3. The number of sulfonamides is 2. The van der Waals surface area contributed by atoms with Crippen molar-refractivity contribution in [1.82, 2.24) is 4.98 Å². The molecule has 0 unspecified atom stereocenters. The zero-order chi connectivity index (χ0) is 19.7. The Kier molecular flexibility index (Phi) is 5.58. The third-order valence-corrected chi connectivity index (χ3v) is 7.76. The lowest BCUT2D eigenvalue weighted by molar-refractivity contribution is 0.595. The van der Waals surface area contributed by atoms with E-state index in [1.54, 1.807) is 35.6 Å². The molecular weight excluding hydrogens is 426 g/mol. The van der Waals surface area contributed by atoms with Gasteiger partial charge in [0.05, 0.1) is 9.79 Å². The summed E-state index contributed by atoms with van der Waals surface area (Å²) >= 11 is 3.04. The average Bonchev–Trinajstić information content (AvgIpc) is 3.01. The van der Waals surface area contributed by atoms with Gasteiger partial charge >= 0.3 is 0 Å². The smallest absolute Gasteiger partial charge is 0.261 e. The quantitative estimate of drug-likeness (QED) is 0.607. The van der Waals surface area contributed by atoms with Crippen LogP contribution in [-0.2, 0) is 20.0 Å². The number of primary sulfonamides is 1. The van der Waals surface area contributed by atoms with Crippen molar-refractivity contribution in [3.63, 3.8) is 0 Å². The van der Waals surface area contributed by atoms with E-state index in [4.69, 9.17) is 5.14 Å². The van der Waals surface area contributed by atoms with E-state index >= 15 is 0 Å².